The van der Waals surface area contributed by atoms with E-state index in [2.05, 4.69) is 14.6 Å². The average molecular weight is 785 g/mol. The molecule has 286 valence electrons. The Bertz CT molecular complexity index is 1910. The molecule has 4 aromatic rings. The van der Waals surface area contributed by atoms with Gasteiger partial charge in [-0.15, -0.1) is 0 Å². The Morgan fingerprint density at radius 1 is 0.926 bits per heavy atom. The van der Waals surface area contributed by atoms with Crippen LogP contribution in [0.2, 0.25) is 10.0 Å². The predicted molar refractivity (Wildman–Crippen MR) is 200 cm³/mol. The van der Waals surface area contributed by atoms with Gasteiger partial charge in [0.1, 0.15) is 18.0 Å². The van der Waals surface area contributed by atoms with Crippen LogP contribution in [-0.4, -0.2) is 67.5 Å². The topological polar surface area (TPSA) is 99.7 Å². The number of pyridine rings is 1. The average Bonchev–Trinajstić information content (AvgIpc) is 3.16. The summed E-state index contributed by atoms with van der Waals surface area (Å²) in [6, 6.07) is 18.2. The molecule has 0 radical (unpaired) electrons. The highest BCUT2D eigenvalue weighted by molar-refractivity contribution is 6.35. The van der Waals surface area contributed by atoms with Crippen molar-refractivity contribution >= 4 is 41.0 Å². The van der Waals surface area contributed by atoms with Crippen LogP contribution in [0.25, 0.3) is 0 Å². The summed E-state index contributed by atoms with van der Waals surface area (Å²) >= 11 is 12.9. The lowest BCUT2D eigenvalue weighted by Crippen LogP contribution is -2.53. The highest BCUT2D eigenvalue weighted by atomic mass is 35.5. The molecule has 3 aliphatic heterocycles. The van der Waals surface area contributed by atoms with E-state index < -0.39 is 24.8 Å². The van der Waals surface area contributed by atoms with E-state index in [0.29, 0.717) is 35.0 Å². The third kappa shape index (κ3) is 9.52. The number of para-hydroxylation sites is 2. The molecule has 7 rings (SSSR count). The molecule has 2 bridgehead atoms. The van der Waals surface area contributed by atoms with Gasteiger partial charge in [-0.05, 0) is 98.8 Å². The molecule has 0 spiro atoms. The fourth-order valence-electron chi connectivity index (χ4n) is 6.77. The number of hydrogen-bond acceptors (Lipinski definition) is 9. The monoisotopic (exact) mass is 783 g/mol. The van der Waals surface area contributed by atoms with Gasteiger partial charge >= 0.3 is 18.7 Å². The molecule has 14 heteroatoms. The fraction of sp³-hybridized carbons (Fsp3) is 0.375. The van der Waals surface area contributed by atoms with Crippen molar-refractivity contribution < 1.29 is 42.1 Å². The number of esters is 1. The molecule has 3 saturated heterocycles. The molecule has 0 saturated carbocycles. The van der Waals surface area contributed by atoms with Crippen molar-refractivity contribution in [3.63, 3.8) is 0 Å². The van der Waals surface area contributed by atoms with E-state index in [1.54, 1.807) is 62.3 Å². The predicted octanol–water partition coefficient (Wildman–Crippen LogP) is 9.16. The van der Waals surface area contributed by atoms with E-state index in [9.17, 15) is 18.4 Å². The Balaban J connectivity index is 1.24. The van der Waals surface area contributed by atoms with Crippen molar-refractivity contribution in [2.45, 2.75) is 64.6 Å². The number of halogens is 4. The minimum Gasteiger partial charge on any atom is -0.495 e. The van der Waals surface area contributed by atoms with Crippen LogP contribution in [0, 0.1) is 5.92 Å². The number of amides is 1. The molecule has 10 nitrogen and oxygen atoms in total. The number of benzene rings is 3. The van der Waals surface area contributed by atoms with Crippen LogP contribution in [0.1, 0.15) is 59.8 Å². The van der Waals surface area contributed by atoms with Crippen LogP contribution >= 0.6 is 23.2 Å². The number of anilines is 1. The molecule has 4 heterocycles. The fourth-order valence-corrected chi connectivity index (χ4v) is 7.29. The third-order valence-corrected chi connectivity index (χ3v) is 10.1. The summed E-state index contributed by atoms with van der Waals surface area (Å²) in [6.07, 6.45) is 2.86. The van der Waals surface area contributed by atoms with Crippen LogP contribution in [0.3, 0.4) is 0 Å². The molecule has 1 unspecified atom stereocenters. The van der Waals surface area contributed by atoms with Gasteiger partial charge in [0.2, 0.25) is 0 Å². The molecule has 54 heavy (non-hydrogen) atoms. The number of carbonyl (C=O) groups is 2. The molecular weight excluding hydrogens is 743 g/mol. The second kappa shape index (κ2) is 17.7. The van der Waals surface area contributed by atoms with Gasteiger partial charge in [-0.3, -0.25) is 14.8 Å². The lowest BCUT2D eigenvalue weighted by Gasteiger charge is -2.44. The number of alkyl halides is 2. The summed E-state index contributed by atoms with van der Waals surface area (Å²) in [7, 11) is 1.55. The number of fused-ring (bicyclic) bond motifs is 3. The third-order valence-electron chi connectivity index (χ3n) is 9.48. The minimum atomic E-state index is -3.07. The van der Waals surface area contributed by atoms with Gasteiger partial charge in [-0.25, -0.2) is 9.59 Å². The highest BCUT2D eigenvalue weighted by Gasteiger charge is 2.38. The van der Waals surface area contributed by atoms with Crippen LogP contribution in [-0.2, 0) is 22.4 Å². The summed E-state index contributed by atoms with van der Waals surface area (Å²) in [4.78, 5) is 35.4. The van der Waals surface area contributed by atoms with E-state index in [4.69, 9.17) is 42.1 Å². The quantitative estimate of drug-likeness (QED) is 0.116. The van der Waals surface area contributed by atoms with E-state index in [1.807, 2.05) is 12.1 Å². The SMILES string of the molecule is COc1ccccc1N(Cc1ccc(C(=O)O[C@@H](Cc2c(Cl)cncc2Cl)c2ccc(OC(F)F)c(OC(C)C)c2)cc1)C(=O)OC1CN2CCC1CC2. The lowest BCUT2D eigenvalue weighted by atomic mass is 9.86. The van der Waals surface area contributed by atoms with Crippen molar-refractivity contribution in [2.75, 3.05) is 31.6 Å². The first-order valence-corrected chi connectivity index (χ1v) is 18.4. The zero-order valence-electron chi connectivity index (χ0n) is 30.1. The molecular formula is C40H41Cl2F2N3O7. The number of piperidine rings is 3. The van der Waals surface area contributed by atoms with E-state index in [1.165, 1.54) is 30.6 Å². The molecule has 3 aromatic carbocycles. The molecule has 3 fully saturated rings. The summed E-state index contributed by atoms with van der Waals surface area (Å²) in [6.45, 7) is 3.31. The Kier molecular flexibility index (Phi) is 12.8. The lowest BCUT2D eigenvalue weighted by molar-refractivity contribution is -0.0519. The summed E-state index contributed by atoms with van der Waals surface area (Å²) in [5.41, 5.74) is 2.40. The van der Waals surface area contributed by atoms with Crippen molar-refractivity contribution in [3.05, 3.63) is 111 Å². The van der Waals surface area contributed by atoms with Crippen LogP contribution in [0.15, 0.2) is 79.1 Å². The maximum Gasteiger partial charge on any atom is 0.415 e. The van der Waals surface area contributed by atoms with Gasteiger partial charge in [0, 0.05) is 25.4 Å². The van der Waals surface area contributed by atoms with E-state index in [0.717, 1.165) is 31.5 Å². The first-order valence-electron chi connectivity index (χ1n) is 17.7. The van der Waals surface area contributed by atoms with Crippen LogP contribution in [0.5, 0.6) is 17.2 Å². The second-order valence-electron chi connectivity index (χ2n) is 13.4. The molecule has 1 amide bonds. The Morgan fingerprint density at radius 3 is 2.26 bits per heavy atom. The number of carbonyl (C=O) groups excluding carboxylic acids is 2. The van der Waals surface area contributed by atoms with E-state index >= 15 is 0 Å². The van der Waals surface area contributed by atoms with Crippen molar-refractivity contribution in [2.24, 2.45) is 5.92 Å². The Labute approximate surface area is 322 Å². The number of rotatable bonds is 14. The smallest absolute Gasteiger partial charge is 0.415 e. The molecule has 0 aliphatic carbocycles. The highest BCUT2D eigenvalue weighted by Crippen LogP contribution is 2.38. The van der Waals surface area contributed by atoms with Crippen molar-refractivity contribution in [1.82, 2.24) is 9.88 Å². The molecule has 1 aromatic heterocycles. The van der Waals surface area contributed by atoms with Crippen LogP contribution in [0.4, 0.5) is 19.3 Å². The zero-order chi connectivity index (χ0) is 38.4. The number of aromatic nitrogens is 1. The number of hydrogen-bond donors (Lipinski definition) is 0. The Morgan fingerprint density at radius 2 is 1.63 bits per heavy atom. The van der Waals surface area contributed by atoms with Gasteiger partial charge in [-0.2, -0.15) is 8.78 Å². The number of methoxy groups -OCH3 is 1. The number of ether oxygens (including phenoxy) is 5. The van der Waals surface area contributed by atoms with Crippen LogP contribution < -0.4 is 19.1 Å². The molecule has 2 atom stereocenters. The second-order valence-corrected chi connectivity index (χ2v) is 14.3. The standard InChI is InChI=1S/C40H41Cl2F2N3O7/c1-24(2)51-36-18-28(12-13-34(36)53-39(43)44)35(19-29-30(41)20-45-21-31(29)42)52-38(48)27-10-8-25(9-11-27)22-47(32-6-4-5-7-33(32)50-3)40(49)54-37-23-46-16-14-26(37)15-17-46/h4-13,18,20-21,24,26,35,37,39H,14-17,19,22-23H2,1-3H3/t35-,37?/m0/s1. The summed E-state index contributed by atoms with van der Waals surface area (Å²) in [5.74, 6) is 0.0521. The molecule has 3 aliphatic rings. The Hall–Kier alpha value is -4.65. The van der Waals surface area contributed by atoms with Gasteiger partial charge in [0.15, 0.2) is 11.5 Å². The number of nitrogens with zero attached hydrogens (tertiary/aromatic N) is 3. The first-order chi connectivity index (χ1) is 26.0. The van der Waals surface area contributed by atoms with Gasteiger partial charge in [0.25, 0.3) is 0 Å². The van der Waals surface area contributed by atoms with Crippen molar-refractivity contribution in [3.8, 4) is 17.2 Å². The maximum atomic E-state index is 13.8. The summed E-state index contributed by atoms with van der Waals surface area (Å²) < 4.78 is 54.6. The van der Waals surface area contributed by atoms with Gasteiger partial charge in [-0.1, -0.05) is 53.5 Å². The van der Waals surface area contributed by atoms with Gasteiger partial charge in [0.05, 0.1) is 41.1 Å². The largest absolute Gasteiger partial charge is 0.495 e. The zero-order valence-corrected chi connectivity index (χ0v) is 31.6. The van der Waals surface area contributed by atoms with E-state index in [-0.39, 0.29) is 52.3 Å². The maximum absolute atomic E-state index is 13.8. The van der Waals surface area contributed by atoms with Crippen molar-refractivity contribution in [1.29, 1.82) is 0 Å². The minimum absolute atomic E-state index is 0.0375. The van der Waals surface area contributed by atoms with Gasteiger partial charge < -0.3 is 23.7 Å². The normalized spacial score (nSPS) is 18.3. The first kappa shape index (κ1) is 39.1. The molecule has 0 N–H and O–H groups in total. The summed E-state index contributed by atoms with van der Waals surface area (Å²) in [5, 5.41) is 0.520.